The molecule has 0 aliphatic rings. The van der Waals surface area contributed by atoms with E-state index < -0.39 is 16.9 Å². The van der Waals surface area contributed by atoms with Crippen LogP contribution in [-0.2, 0) is 0 Å². The molecule has 0 amide bonds. The third-order valence-electron chi connectivity index (χ3n) is 2.32. The van der Waals surface area contributed by atoms with Crippen LogP contribution in [0.3, 0.4) is 0 Å². The minimum absolute atomic E-state index is 0.0108. The Hall–Kier alpha value is -2.43. The summed E-state index contributed by atoms with van der Waals surface area (Å²) in [7, 11) is 0. The lowest BCUT2D eigenvalue weighted by molar-refractivity contribution is 0.428. The molecule has 2 rings (SSSR count). The van der Waals surface area contributed by atoms with Gasteiger partial charge < -0.3 is 19.7 Å². The van der Waals surface area contributed by atoms with E-state index in [0.717, 1.165) is 6.07 Å². The van der Waals surface area contributed by atoms with Gasteiger partial charge in [-0.05, 0) is 12.5 Å². The van der Waals surface area contributed by atoms with E-state index in [1.165, 1.54) is 6.07 Å². The molecule has 1 aromatic carbocycles. The highest BCUT2D eigenvalue weighted by Gasteiger charge is 2.17. The van der Waals surface area contributed by atoms with Crippen LogP contribution < -0.4 is 5.43 Å². The van der Waals surface area contributed by atoms with Gasteiger partial charge in [0.25, 0.3) is 0 Å². The number of benzene rings is 1. The zero-order chi connectivity index (χ0) is 12.7. The van der Waals surface area contributed by atoms with Gasteiger partial charge in [-0.3, -0.25) is 4.79 Å². The maximum absolute atomic E-state index is 11.8. The molecule has 2 aromatic rings. The maximum atomic E-state index is 11.8. The Kier molecular flexibility index (Phi) is 2.31. The van der Waals surface area contributed by atoms with Crippen LogP contribution in [0.5, 0.6) is 17.2 Å². The van der Waals surface area contributed by atoms with Crippen LogP contribution in [0.25, 0.3) is 16.5 Å². The standard InChI is InChI=1S/C12H10O5/c1-5(2)12-11(16)10(15)9-7(14)3-6(13)4-8(9)17-12/h3-4,13-14,16H,1H2,2H3. The summed E-state index contributed by atoms with van der Waals surface area (Å²) >= 11 is 0. The van der Waals surface area contributed by atoms with Gasteiger partial charge in [-0.15, -0.1) is 0 Å². The van der Waals surface area contributed by atoms with Gasteiger partial charge in [-0.25, -0.2) is 0 Å². The lowest BCUT2D eigenvalue weighted by Gasteiger charge is -2.06. The molecule has 0 bridgehead atoms. The quantitative estimate of drug-likeness (QED) is 0.701. The van der Waals surface area contributed by atoms with Gasteiger partial charge in [0.1, 0.15) is 22.5 Å². The molecule has 5 heteroatoms. The van der Waals surface area contributed by atoms with Crippen molar-refractivity contribution in [2.24, 2.45) is 0 Å². The molecule has 1 aromatic heterocycles. The summed E-state index contributed by atoms with van der Waals surface area (Å²) in [6.07, 6.45) is 0. The summed E-state index contributed by atoms with van der Waals surface area (Å²) < 4.78 is 5.23. The van der Waals surface area contributed by atoms with Gasteiger partial charge in [0.15, 0.2) is 5.76 Å². The number of phenolic OH excluding ortho intramolecular Hbond substituents is 2. The molecule has 0 saturated heterocycles. The molecule has 0 spiro atoms. The predicted molar refractivity (Wildman–Crippen MR) is 62.2 cm³/mol. The molecule has 17 heavy (non-hydrogen) atoms. The average Bonchev–Trinajstić information content (AvgIpc) is 2.21. The van der Waals surface area contributed by atoms with Gasteiger partial charge >= 0.3 is 0 Å². The van der Waals surface area contributed by atoms with Crippen molar-refractivity contribution in [2.75, 3.05) is 0 Å². The third-order valence-corrected chi connectivity index (χ3v) is 2.32. The summed E-state index contributed by atoms with van der Waals surface area (Å²) in [6.45, 7) is 5.12. The fraction of sp³-hybridized carbons (Fsp3) is 0.0833. The monoisotopic (exact) mass is 234 g/mol. The largest absolute Gasteiger partial charge is 0.508 e. The SMILES string of the molecule is C=C(C)c1oc2cc(O)cc(O)c2c(=O)c1O. The smallest absolute Gasteiger partial charge is 0.238 e. The molecule has 0 saturated carbocycles. The van der Waals surface area contributed by atoms with Gasteiger partial charge in [0.2, 0.25) is 11.2 Å². The molecule has 0 atom stereocenters. The highest BCUT2D eigenvalue weighted by atomic mass is 16.4. The normalized spacial score (nSPS) is 10.6. The van der Waals surface area contributed by atoms with Crippen LogP contribution in [0.4, 0.5) is 0 Å². The number of aromatic hydroxyl groups is 3. The van der Waals surface area contributed by atoms with Crippen LogP contribution in [-0.4, -0.2) is 15.3 Å². The molecule has 88 valence electrons. The van der Waals surface area contributed by atoms with Crippen LogP contribution in [0.15, 0.2) is 27.9 Å². The molecular weight excluding hydrogens is 224 g/mol. The first-order valence-electron chi connectivity index (χ1n) is 4.79. The number of hydrogen-bond donors (Lipinski definition) is 3. The average molecular weight is 234 g/mol. The maximum Gasteiger partial charge on any atom is 0.238 e. The van der Waals surface area contributed by atoms with Crippen LogP contribution >= 0.6 is 0 Å². The first-order chi connectivity index (χ1) is 7.91. The van der Waals surface area contributed by atoms with Crippen molar-refractivity contribution in [3.05, 3.63) is 34.7 Å². The van der Waals surface area contributed by atoms with Crippen molar-refractivity contribution < 1.29 is 19.7 Å². The number of phenols is 2. The Balaban J connectivity index is 3.01. The first-order valence-corrected chi connectivity index (χ1v) is 4.79. The van der Waals surface area contributed by atoms with Gasteiger partial charge in [-0.1, -0.05) is 6.58 Å². The van der Waals surface area contributed by atoms with E-state index in [2.05, 4.69) is 6.58 Å². The molecule has 0 radical (unpaired) electrons. The minimum atomic E-state index is -0.762. The number of fused-ring (bicyclic) bond motifs is 1. The molecule has 0 aliphatic carbocycles. The molecule has 0 aliphatic heterocycles. The fourth-order valence-electron chi connectivity index (χ4n) is 1.56. The highest BCUT2D eigenvalue weighted by molar-refractivity contribution is 5.87. The van der Waals surface area contributed by atoms with Crippen molar-refractivity contribution in [2.45, 2.75) is 6.92 Å². The fourth-order valence-corrected chi connectivity index (χ4v) is 1.56. The topological polar surface area (TPSA) is 90.9 Å². The number of hydrogen-bond acceptors (Lipinski definition) is 5. The Morgan fingerprint density at radius 2 is 1.94 bits per heavy atom. The van der Waals surface area contributed by atoms with Gasteiger partial charge in [0.05, 0.1) is 0 Å². The Morgan fingerprint density at radius 3 is 2.53 bits per heavy atom. The van der Waals surface area contributed by atoms with Gasteiger partial charge in [0, 0.05) is 12.1 Å². The lowest BCUT2D eigenvalue weighted by Crippen LogP contribution is -2.03. The third kappa shape index (κ3) is 1.61. The van der Waals surface area contributed by atoms with Crippen molar-refractivity contribution in [3.8, 4) is 17.2 Å². The summed E-state index contributed by atoms with van der Waals surface area (Å²) in [4.78, 5) is 11.8. The number of rotatable bonds is 1. The second kappa shape index (κ2) is 3.55. The zero-order valence-electron chi connectivity index (χ0n) is 9.02. The predicted octanol–water partition coefficient (Wildman–Crippen LogP) is 1.94. The van der Waals surface area contributed by atoms with E-state index >= 15 is 0 Å². The molecule has 0 unspecified atom stereocenters. The van der Waals surface area contributed by atoms with E-state index in [9.17, 15) is 20.1 Å². The summed E-state index contributed by atoms with van der Waals surface area (Å²) in [5.74, 6) is -1.35. The minimum Gasteiger partial charge on any atom is -0.508 e. The molecule has 1 heterocycles. The van der Waals surface area contributed by atoms with Crippen molar-refractivity contribution in [1.29, 1.82) is 0 Å². The molecular formula is C12H10O5. The van der Waals surface area contributed by atoms with E-state index in [0.29, 0.717) is 5.57 Å². The van der Waals surface area contributed by atoms with Gasteiger partial charge in [-0.2, -0.15) is 0 Å². The zero-order valence-corrected chi connectivity index (χ0v) is 9.02. The van der Waals surface area contributed by atoms with E-state index in [1.807, 2.05) is 0 Å². The number of allylic oxidation sites excluding steroid dienone is 1. The first kappa shape index (κ1) is 11.1. The van der Waals surface area contributed by atoms with E-state index in [4.69, 9.17) is 4.42 Å². The molecule has 0 fully saturated rings. The Morgan fingerprint density at radius 1 is 1.29 bits per heavy atom. The van der Waals surface area contributed by atoms with Crippen molar-refractivity contribution in [3.63, 3.8) is 0 Å². The second-order valence-electron chi connectivity index (χ2n) is 3.73. The van der Waals surface area contributed by atoms with Crippen molar-refractivity contribution >= 4 is 16.5 Å². The lowest BCUT2D eigenvalue weighted by atomic mass is 10.1. The van der Waals surface area contributed by atoms with E-state index in [-0.39, 0.29) is 22.5 Å². The van der Waals surface area contributed by atoms with Crippen LogP contribution in [0.1, 0.15) is 12.7 Å². The summed E-state index contributed by atoms with van der Waals surface area (Å²) in [6, 6.07) is 2.18. The Labute approximate surface area is 95.9 Å². The van der Waals surface area contributed by atoms with Crippen LogP contribution in [0.2, 0.25) is 0 Å². The molecule has 3 N–H and O–H groups in total. The Bertz CT molecular complexity index is 681. The van der Waals surface area contributed by atoms with Crippen LogP contribution in [0, 0.1) is 0 Å². The van der Waals surface area contributed by atoms with Crippen molar-refractivity contribution in [1.82, 2.24) is 0 Å². The molecule has 5 nitrogen and oxygen atoms in total. The van der Waals surface area contributed by atoms with E-state index in [1.54, 1.807) is 6.92 Å². The summed E-state index contributed by atoms with van der Waals surface area (Å²) in [5.41, 5.74) is -0.408. The highest BCUT2D eigenvalue weighted by Crippen LogP contribution is 2.32. The second-order valence-corrected chi connectivity index (χ2v) is 3.73. The summed E-state index contributed by atoms with van der Waals surface area (Å²) in [5, 5.41) is 28.3.